The first-order chi connectivity index (χ1) is 15.1. The van der Waals surface area contributed by atoms with Crippen molar-refractivity contribution in [2.75, 3.05) is 6.61 Å². The molecule has 5 aromatic rings. The van der Waals surface area contributed by atoms with Gasteiger partial charge in [-0.05, 0) is 43.3 Å². The first kappa shape index (κ1) is 21.8. The number of hydrogen-bond acceptors (Lipinski definition) is 5. The van der Waals surface area contributed by atoms with Crippen molar-refractivity contribution in [2.24, 2.45) is 0 Å². The van der Waals surface area contributed by atoms with Crippen molar-refractivity contribution in [3.05, 3.63) is 78.9 Å². The molecular weight excluding hydrogens is 583 g/mol. The molecule has 0 saturated carbocycles. The Bertz CT molecular complexity index is 1440. The number of hydrogen-bond donors (Lipinski definition) is 2. The second-order valence-corrected chi connectivity index (χ2v) is 7.23. The Morgan fingerprint density at radius 1 is 0.688 bits per heavy atom. The molecule has 5 nitrogen and oxygen atoms in total. The molecule has 0 aliphatic rings. The smallest absolute Gasteiger partial charge is 0.128 e. The number of fused-ring (bicyclic) bond motifs is 3. The topological polar surface area (TPSA) is 75.5 Å². The van der Waals surface area contributed by atoms with Crippen LogP contribution in [0.1, 0.15) is 6.92 Å². The zero-order chi connectivity index (χ0) is 21.4. The molecule has 2 N–H and O–H groups in total. The molecule has 32 heavy (non-hydrogen) atoms. The van der Waals surface area contributed by atoms with Gasteiger partial charge in [-0.15, -0.1) is 0 Å². The standard InChI is InChI=1S/C26H20N2O3.Pt/c1-2-31-18-11-12-20(24(30)15-18)22-14-10-17-8-7-16-9-13-21(27-25(16)26(17)28-22)19-5-3-4-6-23(19)29;/h3-15,29-30H,2H2,1H3;. The molecule has 2 heterocycles. The maximum atomic E-state index is 10.5. The van der Waals surface area contributed by atoms with E-state index in [1.54, 1.807) is 24.3 Å². The van der Waals surface area contributed by atoms with Crippen LogP contribution in [-0.4, -0.2) is 26.8 Å². The molecule has 0 amide bonds. The van der Waals surface area contributed by atoms with Crippen molar-refractivity contribution < 1.29 is 36.0 Å². The van der Waals surface area contributed by atoms with Crippen LogP contribution < -0.4 is 4.74 Å². The third-order valence-corrected chi connectivity index (χ3v) is 5.26. The predicted molar refractivity (Wildman–Crippen MR) is 122 cm³/mol. The van der Waals surface area contributed by atoms with Gasteiger partial charge in [0, 0.05) is 49.0 Å². The SMILES string of the molecule is CCOc1ccc(-c2ccc3ccc4ccc(-c5ccccc5O)nc4c3n2)c(O)c1.[Pt]. The molecule has 162 valence electrons. The van der Waals surface area contributed by atoms with Gasteiger partial charge in [0.1, 0.15) is 17.2 Å². The summed E-state index contributed by atoms with van der Waals surface area (Å²) < 4.78 is 5.46. The summed E-state index contributed by atoms with van der Waals surface area (Å²) in [6, 6.07) is 24.1. The molecule has 0 atom stereocenters. The molecular formula is C26H20N2O3Pt. The molecule has 2 aromatic heterocycles. The molecule has 0 saturated heterocycles. The molecule has 0 fully saturated rings. The molecule has 0 aliphatic heterocycles. The number of ether oxygens (including phenoxy) is 1. The average molecular weight is 604 g/mol. The Morgan fingerprint density at radius 3 is 1.81 bits per heavy atom. The summed E-state index contributed by atoms with van der Waals surface area (Å²) in [5.41, 5.74) is 4.09. The fourth-order valence-electron chi connectivity index (χ4n) is 3.74. The molecule has 0 radical (unpaired) electrons. The Hall–Kier alpha value is -3.43. The van der Waals surface area contributed by atoms with Gasteiger partial charge in [-0.1, -0.05) is 36.4 Å². The largest absolute Gasteiger partial charge is 0.507 e. The van der Waals surface area contributed by atoms with Crippen LogP contribution in [0.3, 0.4) is 0 Å². The zero-order valence-corrected chi connectivity index (χ0v) is 19.5. The summed E-state index contributed by atoms with van der Waals surface area (Å²) in [7, 11) is 0. The van der Waals surface area contributed by atoms with Gasteiger partial charge in [-0.2, -0.15) is 0 Å². The Morgan fingerprint density at radius 2 is 1.25 bits per heavy atom. The van der Waals surface area contributed by atoms with Gasteiger partial charge in [0.25, 0.3) is 0 Å². The summed E-state index contributed by atoms with van der Waals surface area (Å²) in [6.45, 7) is 2.43. The fraction of sp³-hybridized carbons (Fsp3) is 0.0769. The molecule has 0 bridgehead atoms. The first-order valence-corrected chi connectivity index (χ1v) is 10.1. The summed E-state index contributed by atoms with van der Waals surface area (Å²) in [6.07, 6.45) is 0. The minimum atomic E-state index is 0. The van der Waals surface area contributed by atoms with E-state index in [0.29, 0.717) is 34.9 Å². The summed E-state index contributed by atoms with van der Waals surface area (Å²) in [5.74, 6) is 0.910. The Balaban J connectivity index is 0.00000245. The normalized spacial score (nSPS) is 10.8. The van der Waals surface area contributed by atoms with Crippen molar-refractivity contribution in [3.8, 4) is 39.8 Å². The maximum Gasteiger partial charge on any atom is 0.128 e. The van der Waals surface area contributed by atoms with Crippen molar-refractivity contribution in [3.63, 3.8) is 0 Å². The molecule has 5 rings (SSSR count). The van der Waals surface area contributed by atoms with E-state index in [1.807, 2.05) is 61.5 Å². The summed E-state index contributed by atoms with van der Waals surface area (Å²) in [4.78, 5) is 9.67. The van der Waals surface area contributed by atoms with Crippen molar-refractivity contribution >= 4 is 21.8 Å². The van der Waals surface area contributed by atoms with Gasteiger partial charge in [-0.3, -0.25) is 0 Å². The van der Waals surface area contributed by atoms with Gasteiger partial charge >= 0.3 is 0 Å². The summed E-state index contributed by atoms with van der Waals surface area (Å²) in [5, 5.41) is 22.7. The second kappa shape index (κ2) is 8.97. The number of benzene rings is 3. The molecule has 0 unspecified atom stereocenters. The van der Waals surface area contributed by atoms with Crippen molar-refractivity contribution in [1.82, 2.24) is 9.97 Å². The number of pyridine rings is 2. The number of phenols is 2. The van der Waals surface area contributed by atoms with Crippen LogP contribution in [0.25, 0.3) is 44.3 Å². The van der Waals surface area contributed by atoms with E-state index < -0.39 is 0 Å². The molecule has 6 heteroatoms. The quantitative estimate of drug-likeness (QED) is 0.250. The van der Waals surface area contributed by atoms with Crippen molar-refractivity contribution in [2.45, 2.75) is 6.92 Å². The van der Waals surface area contributed by atoms with E-state index in [2.05, 4.69) is 0 Å². The Kier molecular flexibility index (Phi) is 6.11. The number of phenolic OH excluding ortho intramolecular Hbond substituents is 2. The number of rotatable bonds is 4. The average Bonchev–Trinajstić information content (AvgIpc) is 2.79. The minimum absolute atomic E-state index is 0. The van der Waals surface area contributed by atoms with E-state index in [4.69, 9.17) is 14.7 Å². The van der Waals surface area contributed by atoms with Crippen LogP contribution in [-0.2, 0) is 21.1 Å². The van der Waals surface area contributed by atoms with Crippen molar-refractivity contribution in [1.29, 1.82) is 0 Å². The molecule has 0 spiro atoms. The van der Waals surface area contributed by atoms with Gasteiger partial charge in [0.05, 0.1) is 29.0 Å². The van der Waals surface area contributed by atoms with E-state index in [9.17, 15) is 10.2 Å². The third-order valence-electron chi connectivity index (χ3n) is 5.26. The maximum absolute atomic E-state index is 10.5. The van der Waals surface area contributed by atoms with Gasteiger partial charge in [0.15, 0.2) is 0 Å². The molecule has 3 aromatic carbocycles. The van der Waals surface area contributed by atoms with Gasteiger partial charge < -0.3 is 14.9 Å². The number of para-hydroxylation sites is 1. The summed E-state index contributed by atoms with van der Waals surface area (Å²) >= 11 is 0. The van der Waals surface area contributed by atoms with Crippen LogP contribution in [0.15, 0.2) is 78.9 Å². The monoisotopic (exact) mass is 603 g/mol. The fourth-order valence-corrected chi connectivity index (χ4v) is 3.74. The third kappa shape index (κ3) is 3.92. The predicted octanol–water partition coefficient (Wildman–Crippen LogP) is 5.92. The van der Waals surface area contributed by atoms with Gasteiger partial charge in [-0.25, -0.2) is 9.97 Å². The van der Waals surface area contributed by atoms with Crippen LogP contribution >= 0.6 is 0 Å². The van der Waals surface area contributed by atoms with Gasteiger partial charge in [0.2, 0.25) is 0 Å². The Labute approximate surface area is 199 Å². The number of aromatic hydroxyl groups is 2. The van der Waals surface area contributed by atoms with E-state index in [0.717, 1.165) is 21.8 Å². The van der Waals surface area contributed by atoms with Crippen LogP contribution in [0.4, 0.5) is 0 Å². The second-order valence-electron chi connectivity index (χ2n) is 7.23. The van der Waals surface area contributed by atoms with E-state index in [1.165, 1.54) is 0 Å². The first-order valence-electron chi connectivity index (χ1n) is 10.1. The van der Waals surface area contributed by atoms with Crippen LogP contribution in [0.2, 0.25) is 0 Å². The minimum Gasteiger partial charge on any atom is -0.507 e. The zero-order valence-electron chi connectivity index (χ0n) is 17.2. The number of aromatic nitrogens is 2. The molecule has 0 aliphatic carbocycles. The van der Waals surface area contributed by atoms with E-state index >= 15 is 0 Å². The number of nitrogens with zero attached hydrogens (tertiary/aromatic N) is 2. The van der Waals surface area contributed by atoms with Crippen LogP contribution in [0, 0.1) is 0 Å². The van der Waals surface area contributed by atoms with E-state index in [-0.39, 0.29) is 32.6 Å². The van der Waals surface area contributed by atoms with Crippen LogP contribution in [0.5, 0.6) is 17.2 Å².